The zero-order valence-corrected chi connectivity index (χ0v) is 9.28. The van der Waals surface area contributed by atoms with Crippen molar-refractivity contribution in [1.82, 2.24) is 0 Å². The van der Waals surface area contributed by atoms with Crippen molar-refractivity contribution in [3.63, 3.8) is 0 Å². The fraction of sp³-hybridized carbons (Fsp3) is 0. The summed E-state index contributed by atoms with van der Waals surface area (Å²) < 4.78 is 0. The van der Waals surface area contributed by atoms with Crippen molar-refractivity contribution in [3.05, 3.63) is 0 Å². The molecule has 5 heavy (non-hydrogen) atoms. The van der Waals surface area contributed by atoms with Crippen LogP contribution in [-0.4, -0.2) is 0 Å². The van der Waals surface area contributed by atoms with Crippen molar-refractivity contribution in [3.8, 4) is 0 Å². The van der Waals surface area contributed by atoms with E-state index < -0.39 is 0 Å². The Morgan fingerprint density at radius 3 is 1.00 bits per heavy atom. The van der Waals surface area contributed by atoms with E-state index in [1.807, 2.05) is 0 Å². The Morgan fingerprint density at radius 2 is 1.00 bits per heavy atom. The van der Waals surface area contributed by atoms with Crippen LogP contribution in [0.2, 0.25) is 0 Å². The summed E-state index contributed by atoms with van der Waals surface area (Å²) in [5.41, 5.74) is 0. The molecule has 0 bridgehead atoms. The molecule has 0 spiro atoms. The van der Waals surface area contributed by atoms with Crippen LogP contribution in [0.5, 0.6) is 0 Å². The summed E-state index contributed by atoms with van der Waals surface area (Å²) in [7, 11) is 0. The minimum absolute atomic E-state index is 0. The first-order chi connectivity index (χ1) is 0. The van der Waals surface area contributed by atoms with Crippen LogP contribution in [0.3, 0.4) is 0 Å². The van der Waals surface area contributed by atoms with Gasteiger partial charge in [-0.3, -0.25) is 0 Å². The fourth-order valence-electron chi connectivity index (χ4n) is 0. The molecule has 0 aliphatic heterocycles. The van der Waals surface area contributed by atoms with Gasteiger partial charge in [-0.2, -0.15) is 0 Å². The van der Waals surface area contributed by atoms with E-state index in [-0.39, 0.29) is 99.1 Å². The first-order valence-corrected chi connectivity index (χ1v) is 0. The smallest absolute Gasteiger partial charge is 0 e. The molecule has 0 nitrogen and oxygen atoms in total. The van der Waals surface area contributed by atoms with Crippen molar-refractivity contribution in [1.29, 1.82) is 0 Å². The second-order valence-electron chi connectivity index (χ2n) is 0. The topological polar surface area (TPSA) is 0 Å². The predicted octanol–water partition coefficient (Wildman–Crippen LogP) is -0.0125. The Kier molecular flexibility index (Phi) is 228. The van der Waals surface area contributed by atoms with Crippen LogP contribution in [0.15, 0.2) is 0 Å². The third-order valence-corrected chi connectivity index (χ3v) is 0. The van der Waals surface area contributed by atoms with Crippen molar-refractivity contribution < 1.29 is 99.1 Å². The van der Waals surface area contributed by atoms with Crippen LogP contribution in [0.25, 0.3) is 0 Å². The van der Waals surface area contributed by atoms with Gasteiger partial charge in [0.2, 0.25) is 0 Å². The maximum absolute atomic E-state index is 0. The molecule has 34 valence electrons. The largest absolute Gasteiger partial charge is 0 e. The molecule has 0 aromatic heterocycles. The molecular formula is CuFeMnTiZr. The maximum Gasteiger partial charge on any atom is 0 e. The zero-order valence-electron chi connectivity index (χ0n) is 2.03. The maximum atomic E-state index is 0. The summed E-state index contributed by atoms with van der Waals surface area (Å²) in [6.45, 7) is 0. The molecule has 0 aromatic carbocycles. The van der Waals surface area contributed by atoms with Gasteiger partial charge in [0, 0.05) is 99.1 Å². The van der Waals surface area contributed by atoms with Crippen molar-refractivity contribution in [2.45, 2.75) is 0 Å². The van der Waals surface area contributed by atoms with Crippen LogP contribution < -0.4 is 0 Å². The zero-order chi connectivity index (χ0) is 0. The molecule has 0 rings (SSSR count). The van der Waals surface area contributed by atoms with Crippen LogP contribution >= 0.6 is 0 Å². The Bertz CT molecular complexity index is 11.6. The van der Waals surface area contributed by atoms with Crippen LogP contribution in [-0.2, 0) is 99.1 Å². The molecule has 0 amide bonds. The fourth-order valence-corrected chi connectivity index (χ4v) is 0. The van der Waals surface area contributed by atoms with Crippen molar-refractivity contribution >= 4 is 0 Å². The van der Waals surface area contributed by atoms with Gasteiger partial charge >= 0.3 is 0 Å². The van der Waals surface area contributed by atoms with Gasteiger partial charge in [0.25, 0.3) is 0 Å². The molecule has 0 aliphatic rings. The first-order valence-electron chi connectivity index (χ1n) is 0. The van der Waals surface area contributed by atoms with Gasteiger partial charge in [-0.25, -0.2) is 0 Å². The number of rotatable bonds is 0. The molecule has 0 heterocycles. The van der Waals surface area contributed by atoms with Crippen LogP contribution in [0.1, 0.15) is 0 Å². The average Bonchev–Trinajstić information content (AvgIpc) is 0. The van der Waals surface area contributed by atoms with Gasteiger partial charge < -0.3 is 0 Å². The average molecular weight is 313 g/mol. The van der Waals surface area contributed by atoms with Gasteiger partial charge in [-0.05, 0) is 0 Å². The molecule has 0 atom stereocenters. The third-order valence-electron chi connectivity index (χ3n) is 0. The third kappa shape index (κ3) is 19.1. The van der Waals surface area contributed by atoms with Crippen LogP contribution in [0.4, 0.5) is 0 Å². The summed E-state index contributed by atoms with van der Waals surface area (Å²) in [5, 5.41) is 0. The number of hydrogen-bond acceptors (Lipinski definition) is 0. The van der Waals surface area contributed by atoms with Gasteiger partial charge in [-0.15, -0.1) is 0 Å². The minimum Gasteiger partial charge on any atom is 0 e. The minimum atomic E-state index is 0. The van der Waals surface area contributed by atoms with Gasteiger partial charge in [0.15, 0.2) is 0 Å². The summed E-state index contributed by atoms with van der Waals surface area (Å²) in [4.78, 5) is 0. The molecular weight excluding hydrogens is 313 g/mol. The van der Waals surface area contributed by atoms with E-state index in [4.69, 9.17) is 0 Å². The summed E-state index contributed by atoms with van der Waals surface area (Å²) >= 11 is 0. The predicted molar refractivity (Wildman–Crippen MR) is 0 cm³/mol. The first kappa shape index (κ1) is 41.9. The normalized spacial score (nSPS) is 0. The molecule has 5 heteroatoms. The van der Waals surface area contributed by atoms with Gasteiger partial charge in [0.1, 0.15) is 0 Å². The van der Waals surface area contributed by atoms with Crippen molar-refractivity contribution in [2.24, 2.45) is 0 Å². The second kappa shape index (κ2) is 27.2. The summed E-state index contributed by atoms with van der Waals surface area (Å²) in [5.74, 6) is 0. The molecule has 2 radical (unpaired) electrons. The SMILES string of the molecule is [Cu].[Fe].[Mn].[Ti].[Zr]. The molecule has 0 fully saturated rings. The van der Waals surface area contributed by atoms with E-state index in [0.717, 1.165) is 0 Å². The number of hydrogen-bond donors (Lipinski definition) is 0. The molecule has 0 saturated carbocycles. The van der Waals surface area contributed by atoms with Gasteiger partial charge in [-0.1, -0.05) is 0 Å². The molecule has 0 aliphatic carbocycles. The summed E-state index contributed by atoms with van der Waals surface area (Å²) in [6.07, 6.45) is 0. The van der Waals surface area contributed by atoms with E-state index in [0.29, 0.717) is 0 Å². The quantitative estimate of drug-likeness (QED) is 0.552. The molecule has 0 saturated heterocycles. The Labute approximate surface area is 97.4 Å². The van der Waals surface area contributed by atoms with E-state index >= 15 is 0 Å². The van der Waals surface area contributed by atoms with Gasteiger partial charge in [0.05, 0.1) is 0 Å². The molecule has 0 unspecified atom stereocenters. The monoisotopic (exact) mass is 312 g/mol. The molecule has 0 aromatic rings. The Hall–Kier alpha value is 3.16. The van der Waals surface area contributed by atoms with Crippen molar-refractivity contribution in [2.75, 3.05) is 0 Å². The second-order valence-corrected chi connectivity index (χ2v) is 0. The van der Waals surface area contributed by atoms with E-state index in [2.05, 4.69) is 0 Å². The molecule has 0 N–H and O–H groups in total. The summed E-state index contributed by atoms with van der Waals surface area (Å²) in [6, 6.07) is 0. The standard InChI is InChI=1S/Cu.Fe.Mn.Ti.Zr. The Balaban J connectivity index is 0. The Morgan fingerprint density at radius 1 is 1.00 bits per heavy atom. The van der Waals surface area contributed by atoms with Crippen LogP contribution in [0, 0.1) is 0 Å². The van der Waals surface area contributed by atoms with E-state index in [1.165, 1.54) is 0 Å². The van der Waals surface area contributed by atoms with E-state index in [1.54, 1.807) is 0 Å². The van der Waals surface area contributed by atoms with E-state index in [9.17, 15) is 0 Å².